The van der Waals surface area contributed by atoms with Gasteiger partial charge in [-0.2, -0.15) is 0 Å². The molecule has 0 saturated heterocycles. The van der Waals surface area contributed by atoms with Crippen molar-refractivity contribution in [2.45, 2.75) is 53.1 Å². The Balaban J connectivity index is 1.80. The minimum absolute atomic E-state index is 0.0227. The first-order chi connectivity index (χ1) is 16.1. The van der Waals surface area contributed by atoms with E-state index in [1.807, 2.05) is 77.0 Å². The predicted octanol–water partition coefficient (Wildman–Crippen LogP) is 6.37. The highest BCUT2D eigenvalue weighted by Gasteiger charge is 2.24. The van der Waals surface area contributed by atoms with Crippen molar-refractivity contribution in [1.29, 1.82) is 0 Å². The molecule has 3 aromatic rings. The van der Waals surface area contributed by atoms with Gasteiger partial charge < -0.3 is 9.80 Å². The van der Waals surface area contributed by atoms with Gasteiger partial charge >= 0.3 is 0 Å². The Bertz CT molecular complexity index is 1050. The van der Waals surface area contributed by atoms with Gasteiger partial charge in [-0.25, -0.2) is 0 Å². The van der Waals surface area contributed by atoms with Gasteiger partial charge in [-0.05, 0) is 46.0 Å². The summed E-state index contributed by atoms with van der Waals surface area (Å²) in [6.07, 6.45) is 0. The molecule has 1 aromatic heterocycles. The molecule has 34 heavy (non-hydrogen) atoms. The van der Waals surface area contributed by atoms with Crippen LogP contribution in [0.25, 0.3) is 0 Å². The molecule has 0 saturated carbocycles. The Labute approximate surface area is 208 Å². The van der Waals surface area contributed by atoms with Crippen molar-refractivity contribution in [3.05, 3.63) is 93.7 Å². The molecule has 0 N–H and O–H groups in total. The average molecular weight is 477 g/mol. The van der Waals surface area contributed by atoms with Crippen LogP contribution in [0.2, 0.25) is 0 Å². The van der Waals surface area contributed by atoms with Crippen molar-refractivity contribution < 1.29 is 9.59 Å². The van der Waals surface area contributed by atoms with E-state index in [-0.39, 0.29) is 29.7 Å². The largest absolute Gasteiger partial charge is 0.332 e. The van der Waals surface area contributed by atoms with E-state index >= 15 is 0 Å². The summed E-state index contributed by atoms with van der Waals surface area (Å²) < 4.78 is 0. The topological polar surface area (TPSA) is 40.6 Å². The van der Waals surface area contributed by atoms with E-state index in [1.165, 1.54) is 5.56 Å². The van der Waals surface area contributed by atoms with E-state index < -0.39 is 0 Å². The molecule has 0 aliphatic heterocycles. The molecule has 0 fully saturated rings. The number of amides is 2. The minimum atomic E-state index is -0.0988. The number of rotatable bonds is 9. The minimum Gasteiger partial charge on any atom is -0.332 e. The number of carbonyl (C=O) groups excluding carboxylic acids is 2. The van der Waals surface area contributed by atoms with Crippen LogP contribution in [0, 0.1) is 5.92 Å². The lowest BCUT2D eigenvalue weighted by molar-refractivity contribution is -0.133. The van der Waals surface area contributed by atoms with Gasteiger partial charge in [-0.1, -0.05) is 83.1 Å². The second-order valence-corrected chi connectivity index (χ2v) is 11.3. The second kappa shape index (κ2) is 11.5. The molecule has 180 valence electrons. The third kappa shape index (κ3) is 7.29. The average Bonchev–Trinajstić information content (AvgIpc) is 3.31. The van der Waals surface area contributed by atoms with E-state index in [1.54, 1.807) is 16.2 Å². The van der Waals surface area contributed by atoms with Gasteiger partial charge in [0.2, 0.25) is 5.91 Å². The molecule has 0 bridgehead atoms. The van der Waals surface area contributed by atoms with Crippen molar-refractivity contribution in [1.82, 2.24) is 9.80 Å². The van der Waals surface area contributed by atoms with Crippen molar-refractivity contribution in [2.75, 3.05) is 13.1 Å². The lowest BCUT2D eigenvalue weighted by Crippen LogP contribution is -2.43. The van der Waals surface area contributed by atoms with Crippen LogP contribution in [0.4, 0.5) is 0 Å². The molecule has 4 nitrogen and oxygen atoms in total. The van der Waals surface area contributed by atoms with Gasteiger partial charge in [-0.3, -0.25) is 9.59 Å². The van der Waals surface area contributed by atoms with Gasteiger partial charge in [-0.15, -0.1) is 11.3 Å². The number of thiophene rings is 1. The van der Waals surface area contributed by atoms with E-state index in [0.29, 0.717) is 25.2 Å². The molecular formula is C29H36N2O2S. The SMILES string of the molecule is CC(C)CN(CC(=O)N(Cc1ccccc1)Cc1cccs1)C(=O)c1ccc(C(C)(C)C)cc1. The fraction of sp³-hybridized carbons (Fsp3) is 0.379. The highest BCUT2D eigenvalue weighted by atomic mass is 32.1. The van der Waals surface area contributed by atoms with Crippen LogP contribution in [-0.2, 0) is 23.3 Å². The molecule has 0 radical (unpaired) electrons. The zero-order valence-corrected chi connectivity index (χ0v) is 21.8. The quantitative estimate of drug-likeness (QED) is 0.360. The van der Waals surface area contributed by atoms with Gasteiger partial charge in [0, 0.05) is 23.5 Å². The van der Waals surface area contributed by atoms with Crippen LogP contribution in [0.3, 0.4) is 0 Å². The van der Waals surface area contributed by atoms with Crippen LogP contribution in [0.5, 0.6) is 0 Å². The third-order valence-corrected chi connectivity index (χ3v) is 6.55. The first kappa shape index (κ1) is 25.7. The van der Waals surface area contributed by atoms with Crippen molar-refractivity contribution in [2.24, 2.45) is 5.92 Å². The van der Waals surface area contributed by atoms with Crippen LogP contribution < -0.4 is 0 Å². The lowest BCUT2D eigenvalue weighted by atomic mass is 9.86. The van der Waals surface area contributed by atoms with E-state index in [4.69, 9.17) is 0 Å². The zero-order chi connectivity index (χ0) is 24.7. The van der Waals surface area contributed by atoms with Gasteiger partial charge in [0.1, 0.15) is 6.54 Å². The van der Waals surface area contributed by atoms with E-state index in [9.17, 15) is 9.59 Å². The summed E-state index contributed by atoms with van der Waals surface area (Å²) in [7, 11) is 0. The number of carbonyl (C=O) groups is 2. The maximum atomic E-state index is 13.5. The van der Waals surface area contributed by atoms with Crippen LogP contribution in [-0.4, -0.2) is 34.7 Å². The molecule has 2 amide bonds. The van der Waals surface area contributed by atoms with Crippen molar-refractivity contribution >= 4 is 23.2 Å². The Hall–Kier alpha value is -2.92. The van der Waals surface area contributed by atoms with E-state index in [2.05, 4.69) is 34.6 Å². The van der Waals surface area contributed by atoms with Crippen LogP contribution in [0.1, 0.15) is 61.0 Å². The first-order valence-electron chi connectivity index (χ1n) is 11.9. The number of nitrogens with zero attached hydrogens (tertiary/aromatic N) is 2. The Morgan fingerprint density at radius 3 is 2.09 bits per heavy atom. The molecule has 5 heteroatoms. The van der Waals surface area contributed by atoms with Crippen molar-refractivity contribution in [3.8, 4) is 0 Å². The number of benzene rings is 2. The summed E-state index contributed by atoms with van der Waals surface area (Å²) in [6, 6.07) is 21.8. The number of hydrogen-bond acceptors (Lipinski definition) is 3. The molecule has 0 aliphatic rings. The Morgan fingerprint density at radius 2 is 1.53 bits per heavy atom. The van der Waals surface area contributed by atoms with Crippen LogP contribution in [0.15, 0.2) is 72.1 Å². The maximum absolute atomic E-state index is 13.5. The summed E-state index contributed by atoms with van der Waals surface area (Å²) in [6.45, 7) is 12.3. The molecule has 0 spiro atoms. The molecule has 3 rings (SSSR count). The third-order valence-electron chi connectivity index (χ3n) is 5.69. The highest BCUT2D eigenvalue weighted by Crippen LogP contribution is 2.23. The van der Waals surface area contributed by atoms with Gasteiger partial charge in [0.25, 0.3) is 5.91 Å². The summed E-state index contributed by atoms with van der Waals surface area (Å²) in [5, 5.41) is 2.02. The predicted molar refractivity (Wildman–Crippen MR) is 141 cm³/mol. The normalized spacial score (nSPS) is 11.5. The smallest absolute Gasteiger partial charge is 0.254 e. The molecule has 1 heterocycles. The van der Waals surface area contributed by atoms with Gasteiger partial charge in [0.15, 0.2) is 0 Å². The number of hydrogen-bond donors (Lipinski definition) is 0. The zero-order valence-electron chi connectivity index (χ0n) is 21.0. The standard InChI is InChI=1S/C29H36N2O2S/c1-22(2)18-31(28(33)24-13-15-25(16-14-24)29(3,4)5)21-27(32)30(20-26-12-9-17-34-26)19-23-10-7-6-8-11-23/h6-17,22H,18-21H2,1-5H3. The second-order valence-electron chi connectivity index (χ2n) is 10.2. The molecule has 0 unspecified atom stereocenters. The molecule has 0 aliphatic carbocycles. The highest BCUT2D eigenvalue weighted by molar-refractivity contribution is 7.09. The fourth-order valence-electron chi connectivity index (χ4n) is 3.85. The van der Waals surface area contributed by atoms with E-state index in [0.717, 1.165) is 10.4 Å². The van der Waals surface area contributed by atoms with Crippen LogP contribution >= 0.6 is 11.3 Å². The fourth-order valence-corrected chi connectivity index (χ4v) is 4.56. The summed E-state index contributed by atoms with van der Waals surface area (Å²) >= 11 is 1.64. The maximum Gasteiger partial charge on any atom is 0.254 e. The summed E-state index contributed by atoms with van der Waals surface area (Å²) in [5.74, 6) is 0.112. The Kier molecular flexibility index (Phi) is 8.67. The summed E-state index contributed by atoms with van der Waals surface area (Å²) in [5.41, 5.74) is 2.90. The Morgan fingerprint density at radius 1 is 0.853 bits per heavy atom. The molecule has 2 aromatic carbocycles. The van der Waals surface area contributed by atoms with Gasteiger partial charge in [0.05, 0.1) is 6.54 Å². The van der Waals surface area contributed by atoms with Crippen molar-refractivity contribution in [3.63, 3.8) is 0 Å². The molecular weight excluding hydrogens is 440 g/mol. The summed E-state index contributed by atoms with van der Waals surface area (Å²) in [4.78, 5) is 31.6. The lowest BCUT2D eigenvalue weighted by Gasteiger charge is -2.29. The monoisotopic (exact) mass is 476 g/mol. The first-order valence-corrected chi connectivity index (χ1v) is 12.8. The molecule has 0 atom stereocenters.